The zero-order chi connectivity index (χ0) is 36.6. The van der Waals surface area contributed by atoms with Crippen LogP contribution in [0.2, 0.25) is 19.6 Å². The molecule has 0 saturated carbocycles. The first-order chi connectivity index (χ1) is 26.4. The number of fused-ring (bicyclic) bond motifs is 8. The van der Waals surface area contributed by atoms with Crippen molar-refractivity contribution in [3.63, 3.8) is 0 Å². The van der Waals surface area contributed by atoms with Crippen molar-refractivity contribution in [1.29, 1.82) is 0 Å². The molecular weight excluding hydrogens is 673 g/mol. The SMILES string of the molecule is C[Si](C)(C)C#Cc1ccccc1-c1c2nc(c(-c3ccccc3)c3ccc([nH]3)c(-c3ccccc3)c3nc(c(-c4ccccc4)c4ccc1[nH]4)C=C3)C=C2. The summed E-state index contributed by atoms with van der Waals surface area (Å²) in [5.41, 5.74) is 20.5. The molecule has 0 atom stereocenters. The Balaban J connectivity index is 1.47. The lowest BCUT2D eigenvalue weighted by molar-refractivity contribution is 1.31. The highest BCUT2D eigenvalue weighted by Gasteiger charge is 2.20. The molecule has 0 fully saturated rings. The molecule has 0 amide bonds. The molecule has 0 radical (unpaired) electrons. The number of nitrogens with one attached hydrogen (secondary N) is 2. The molecule has 0 aliphatic carbocycles. The van der Waals surface area contributed by atoms with Gasteiger partial charge >= 0.3 is 0 Å². The number of benzene rings is 4. The smallest absolute Gasteiger partial charge is 0.129 e. The van der Waals surface area contributed by atoms with Gasteiger partial charge in [0.2, 0.25) is 0 Å². The van der Waals surface area contributed by atoms with E-state index in [1.807, 2.05) is 0 Å². The molecular formula is C49H38N4Si. The van der Waals surface area contributed by atoms with Crippen molar-refractivity contribution in [3.8, 4) is 56.0 Å². The van der Waals surface area contributed by atoms with Gasteiger partial charge in [-0.3, -0.25) is 0 Å². The molecule has 0 saturated heterocycles. The van der Waals surface area contributed by atoms with Crippen molar-refractivity contribution in [3.05, 3.63) is 168 Å². The van der Waals surface area contributed by atoms with Crippen LogP contribution in [0.25, 0.3) is 90.9 Å². The van der Waals surface area contributed by atoms with E-state index in [4.69, 9.17) is 9.97 Å². The number of nitrogens with zero attached hydrogens (tertiary/aromatic N) is 2. The van der Waals surface area contributed by atoms with E-state index in [1.54, 1.807) is 0 Å². The van der Waals surface area contributed by atoms with Gasteiger partial charge in [-0.25, -0.2) is 9.97 Å². The van der Waals surface area contributed by atoms with Crippen molar-refractivity contribution < 1.29 is 0 Å². The van der Waals surface area contributed by atoms with Crippen LogP contribution in [0.15, 0.2) is 140 Å². The van der Waals surface area contributed by atoms with Gasteiger partial charge in [0.05, 0.1) is 22.8 Å². The van der Waals surface area contributed by atoms with Crippen LogP contribution in [-0.4, -0.2) is 28.0 Å². The first kappa shape index (κ1) is 33.1. The van der Waals surface area contributed by atoms with E-state index in [0.717, 1.165) is 94.9 Å². The van der Waals surface area contributed by atoms with Gasteiger partial charge in [0.15, 0.2) is 0 Å². The maximum Gasteiger partial charge on any atom is 0.129 e. The van der Waals surface area contributed by atoms with Crippen molar-refractivity contribution in [2.75, 3.05) is 0 Å². The van der Waals surface area contributed by atoms with Gasteiger partial charge in [-0.15, -0.1) is 5.54 Å². The van der Waals surface area contributed by atoms with Crippen molar-refractivity contribution >= 4 is 54.4 Å². The van der Waals surface area contributed by atoms with E-state index in [-0.39, 0.29) is 0 Å². The monoisotopic (exact) mass is 710 g/mol. The number of aromatic nitrogens is 4. The van der Waals surface area contributed by atoms with Crippen LogP contribution in [0.4, 0.5) is 0 Å². The average Bonchev–Trinajstić information content (AvgIpc) is 4.03. The largest absolute Gasteiger partial charge is 0.354 e. The third kappa shape index (κ3) is 6.34. The Hall–Kier alpha value is -6.74. The second-order valence-corrected chi connectivity index (χ2v) is 19.4. The molecule has 258 valence electrons. The third-order valence-electron chi connectivity index (χ3n) is 9.71. The van der Waals surface area contributed by atoms with E-state index in [2.05, 4.69) is 205 Å². The van der Waals surface area contributed by atoms with E-state index in [0.29, 0.717) is 0 Å². The third-order valence-corrected chi connectivity index (χ3v) is 10.6. The molecule has 54 heavy (non-hydrogen) atoms. The molecule has 9 rings (SSSR count). The fourth-order valence-electron chi connectivity index (χ4n) is 7.28. The molecule has 5 heterocycles. The fraction of sp³-hybridized carbons (Fsp3) is 0.0612. The van der Waals surface area contributed by atoms with E-state index in [9.17, 15) is 0 Å². The quantitative estimate of drug-likeness (QED) is 0.141. The summed E-state index contributed by atoms with van der Waals surface area (Å²) in [7, 11) is -1.65. The molecule has 0 spiro atoms. The van der Waals surface area contributed by atoms with Crippen LogP contribution < -0.4 is 0 Å². The molecule has 0 unspecified atom stereocenters. The number of aromatic amines is 2. The van der Waals surface area contributed by atoms with Crippen LogP contribution in [0.3, 0.4) is 0 Å². The summed E-state index contributed by atoms with van der Waals surface area (Å²) < 4.78 is 0. The van der Waals surface area contributed by atoms with Gasteiger partial charge in [0.25, 0.3) is 0 Å². The summed E-state index contributed by atoms with van der Waals surface area (Å²) >= 11 is 0. The minimum atomic E-state index is -1.65. The highest BCUT2D eigenvalue weighted by molar-refractivity contribution is 6.83. The molecule has 5 heteroatoms. The van der Waals surface area contributed by atoms with E-state index >= 15 is 0 Å². The predicted octanol–water partition coefficient (Wildman–Crippen LogP) is 12.6. The maximum atomic E-state index is 5.46. The lowest BCUT2D eigenvalue weighted by atomic mass is 9.98. The number of rotatable bonds is 4. The Morgan fingerprint density at radius 3 is 1.17 bits per heavy atom. The molecule has 2 aliphatic rings. The second kappa shape index (κ2) is 13.7. The summed E-state index contributed by atoms with van der Waals surface area (Å²) in [5.74, 6) is 3.58. The minimum absolute atomic E-state index is 0.875. The highest BCUT2D eigenvalue weighted by Crippen LogP contribution is 2.38. The normalized spacial score (nSPS) is 12.1. The maximum absolute atomic E-state index is 5.46. The van der Waals surface area contributed by atoms with Gasteiger partial charge in [0, 0.05) is 55.4 Å². The minimum Gasteiger partial charge on any atom is -0.354 e. The zero-order valence-corrected chi connectivity index (χ0v) is 31.5. The predicted molar refractivity (Wildman–Crippen MR) is 231 cm³/mol. The molecule has 3 aromatic heterocycles. The second-order valence-electron chi connectivity index (χ2n) is 14.6. The summed E-state index contributed by atoms with van der Waals surface area (Å²) in [6, 6.07) is 48.7. The Labute approximate surface area is 316 Å². The summed E-state index contributed by atoms with van der Waals surface area (Å²) in [6.45, 7) is 6.84. The van der Waals surface area contributed by atoms with Crippen molar-refractivity contribution in [1.82, 2.24) is 19.9 Å². The van der Waals surface area contributed by atoms with Crippen LogP contribution in [-0.2, 0) is 0 Å². The summed E-state index contributed by atoms with van der Waals surface area (Å²) in [6.07, 6.45) is 8.57. The zero-order valence-electron chi connectivity index (χ0n) is 30.5. The van der Waals surface area contributed by atoms with Gasteiger partial charge < -0.3 is 9.97 Å². The van der Waals surface area contributed by atoms with E-state index in [1.165, 1.54) is 0 Å². The molecule has 2 N–H and O–H groups in total. The molecule has 2 aliphatic heterocycles. The van der Waals surface area contributed by atoms with Crippen LogP contribution in [0.5, 0.6) is 0 Å². The number of hydrogen-bond donors (Lipinski definition) is 2. The first-order valence-electron chi connectivity index (χ1n) is 18.3. The number of hydrogen-bond acceptors (Lipinski definition) is 2. The summed E-state index contributed by atoms with van der Waals surface area (Å²) in [5, 5.41) is 0. The van der Waals surface area contributed by atoms with Gasteiger partial charge in [-0.05, 0) is 71.3 Å². The Morgan fingerprint density at radius 2 is 0.759 bits per heavy atom. The first-order valence-corrected chi connectivity index (χ1v) is 21.8. The Kier molecular flexibility index (Phi) is 8.38. The van der Waals surface area contributed by atoms with Gasteiger partial charge in [-0.1, -0.05) is 135 Å². The molecule has 4 nitrogen and oxygen atoms in total. The van der Waals surface area contributed by atoms with Crippen LogP contribution in [0.1, 0.15) is 28.3 Å². The van der Waals surface area contributed by atoms with Gasteiger partial charge in [-0.2, -0.15) is 0 Å². The standard InChI is InChI=1S/C49H38N4Si/c1-54(2,3)32-31-33-15-13-14-22-37(33)49-44-29-27-42(52-44)47(35-18-9-5-10-19-35)40-25-23-38(50-40)46(34-16-7-4-8-17-34)39-24-26-41(51-39)48(36-20-11-6-12-21-36)43-28-30-45(49)53-43/h4-30,50,53H,1-3H3. The van der Waals surface area contributed by atoms with Crippen LogP contribution in [0, 0.1) is 11.5 Å². The highest BCUT2D eigenvalue weighted by atomic mass is 28.3. The summed E-state index contributed by atoms with van der Waals surface area (Å²) in [4.78, 5) is 18.5. The Bertz CT molecular complexity index is 2810. The Morgan fingerprint density at radius 1 is 0.407 bits per heavy atom. The number of H-pyrrole nitrogens is 2. The van der Waals surface area contributed by atoms with Crippen LogP contribution >= 0.6 is 0 Å². The van der Waals surface area contributed by atoms with Gasteiger partial charge in [0.1, 0.15) is 8.07 Å². The average molecular weight is 711 g/mol. The topological polar surface area (TPSA) is 57.4 Å². The molecule has 7 aromatic rings. The molecule has 4 aromatic carbocycles. The molecule has 8 bridgehead atoms. The lowest BCUT2D eigenvalue weighted by Crippen LogP contribution is -2.16. The van der Waals surface area contributed by atoms with Crippen molar-refractivity contribution in [2.45, 2.75) is 19.6 Å². The van der Waals surface area contributed by atoms with Crippen molar-refractivity contribution in [2.24, 2.45) is 0 Å². The fourth-order valence-corrected chi connectivity index (χ4v) is 7.79. The van der Waals surface area contributed by atoms with E-state index < -0.39 is 8.07 Å². The lowest BCUT2D eigenvalue weighted by Gasteiger charge is -2.09.